The van der Waals surface area contributed by atoms with E-state index in [2.05, 4.69) is 0 Å². The zero-order chi connectivity index (χ0) is 13.5. The molecule has 0 bridgehead atoms. The van der Waals surface area contributed by atoms with E-state index in [0.717, 1.165) is 18.0 Å². The molecule has 0 aromatic heterocycles. The van der Waals surface area contributed by atoms with Crippen LogP contribution in [0.25, 0.3) is 0 Å². The summed E-state index contributed by atoms with van der Waals surface area (Å²) < 4.78 is 10.7. The number of aliphatic hydroxyl groups is 1. The van der Waals surface area contributed by atoms with Gasteiger partial charge in [-0.3, -0.25) is 0 Å². The molecule has 1 aliphatic rings. The molecule has 1 fully saturated rings. The van der Waals surface area contributed by atoms with Crippen molar-refractivity contribution in [1.29, 1.82) is 0 Å². The van der Waals surface area contributed by atoms with Gasteiger partial charge in [-0.2, -0.15) is 0 Å². The molecule has 1 aromatic carbocycles. The van der Waals surface area contributed by atoms with Crippen LogP contribution in [0.3, 0.4) is 0 Å². The Labute approximate surface area is 114 Å². The monoisotopic (exact) mass is 266 g/mol. The van der Waals surface area contributed by atoms with Crippen LogP contribution in [0.1, 0.15) is 19.3 Å². The van der Waals surface area contributed by atoms with Gasteiger partial charge in [-0.1, -0.05) is 0 Å². The number of benzene rings is 1. The fraction of sp³-hybridized carbons (Fsp3) is 0.600. The molecular weight excluding hydrogens is 242 g/mol. The lowest BCUT2D eigenvalue weighted by molar-refractivity contribution is -0.908. The van der Waals surface area contributed by atoms with E-state index >= 15 is 0 Å². The Balaban J connectivity index is 1.71. The van der Waals surface area contributed by atoms with Crippen LogP contribution < -0.4 is 14.4 Å². The molecule has 106 valence electrons. The quantitative estimate of drug-likeness (QED) is 0.788. The molecule has 1 saturated heterocycles. The summed E-state index contributed by atoms with van der Waals surface area (Å²) in [5.41, 5.74) is 0. The molecule has 0 saturated carbocycles. The minimum atomic E-state index is -0.393. The lowest BCUT2D eigenvalue weighted by Crippen LogP contribution is -3.14. The third-order valence-corrected chi connectivity index (χ3v) is 3.59. The average Bonchev–Trinajstić information content (AvgIpc) is 2.47. The largest absolute Gasteiger partial charge is 0.497 e. The van der Waals surface area contributed by atoms with Gasteiger partial charge >= 0.3 is 0 Å². The van der Waals surface area contributed by atoms with Crippen molar-refractivity contribution >= 4 is 0 Å². The molecule has 0 spiro atoms. The number of rotatable bonds is 6. The summed E-state index contributed by atoms with van der Waals surface area (Å²) in [5, 5.41) is 9.99. The number of methoxy groups -OCH3 is 1. The van der Waals surface area contributed by atoms with Gasteiger partial charge in [0.25, 0.3) is 0 Å². The summed E-state index contributed by atoms with van der Waals surface area (Å²) in [6.07, 6.45) is 3.50. The number of nitrogens with one attached hydrogen (secondary N) is 1. The van der Waals surface area contributed by atoms with Crippen LogP contribution in [0, 0.1) is 0 Å². The van der Waals surface area contributed by atoms with Crippen LogP contribution in [-0.2, 0) is 0 Å². The van der Waals surface area contributed by atoms with Crippen LogP contribution in [0.2, 0.25) is 0 Å². The molecule has 2 N–H and O–H groups in total. The van der Waals surface area contributed by atoms with Crippen LogP contribution in [0.15, 0.2) is 24.3 Å². The van der Waals surface area contributed by atoms with Crippen LogP contribution in [0.4, 0.5) is 0 Å². The highest BCUT2D eigenvalue weighted by Gasteiger charge is 2.18. The Morgan fingerprint density at radius 3 is 2.37 bits per heavy atom. The summed E-state index contributed by atoms with van der Waals surface area (Å²) in [4.78, 5) is 1.50. The molecule has 4 nitrogen and oxygen atoms in total. The van der Waals surface area contributed by atoms with Crippen molar-refractivity contribution in [2.24, 2.45) is 0 Å². The highest BCUT2D eigenvalue weighted by atomic mass is 16.5. The molecule has 0 aliphatic carbocycles. The molecule has 1 heterocycles. The minimum absolute atomic E-state index is 0.357. The number of hydrogen-bond donors (Lipinski definition) is 2. The van der Waals surface area contributed by atoms with Crippen molar-refractivity contribution in [3.63, 3.8) is 0 Å². The second kappa shape index (κ2) is 7.36. The fourth-order valence-electron chi connectivity index (χ4n) is 2.51. The Morgan fingerprint density at radius 2 is 1.74 bits per heavy atom. The van der Waals surface area contributed by atoms with Gasteiger partial charge in [-0.05, 0) is 43.5 Å². The van der Waals surface area contributed by atoms with Crippen LogP contribution >= 0.6 is 0 Å². The molecule has 2 rings (SSSR count). The number of quaternary nitrogens is 1. The number of piperidine rings is 1. The smallest absolute Gasteiger partial charge is 0.137 e. The molecule has 4 heteroatoms. The predicted octanol–water partition coefficient (Wildman–Crippen LogP) is 0.504. The van der Waals surface area contributed by atoms with Gasteiger partial charge < -0.3 is 19.5 Å². The van der Waals surface area contributed by atoms with E-state index in [-0.39, 0.29) is 0 Å². The lowest BCUT2D eigenvalue weighted by Gasteiger charge is -2.25. The SMILES string of the molecule is COc1ccc(OC[C@H](O)C[NH+]2CCCCC2)cc1. The standard InChI is InChI=1S/C15H23NO3/c1-18-14-5-7-15(8-6-14)19-12-13(17)11-16-9-3-2-4-10-16/h5-8,13,17H,2-4,9-12H2,1H3/p+1/t13-/m1/s1. The van der Waals surface area contributed by atoms with Crippen molar-refractivity contribution in [3.05, 3.63) is 24.3 Å². The van der Waals surface area contributed by atoms with Gasteiger partial charge in [0.1, 0.15) is 30.8 Å². The average molecular weight is 266 g/mol. The molecule has 19 heavy (non-hydrogen) atoms. The normalized spacial score (nSPS) is 18.0. The van der Waals surface area contributed by atoms with Gasteiger partial charge in [0.2, 0.25) is 0 Å². The van der Waals surface area contributed by atoms with Crippen molar-refractivity contribution in [1.82, 2.24) is 0 Å². The van der Waals surface area contributed by atoms with Crippen molar-refractivity contribution in [2.45, 2.75) is 25.4 Å². The third kappa shape index (κ3) is 4.73. The predicted molar refractivity (Wildman–Crippen MR) is 73.9 cm³/mol. The first-order valence-corrected chi connectivity index (χ1v) is 7.06. The van der Waals surface area contributed by atoms with E-state index in [1.165, 1.54) is 37.3 Å². The number of ether oxygens (including phenoxy) is 2. The molecule has 1 atom stereocenters. The van der Waals surface area contributed by atoms with E-state index in [4.69, 9.17) is 9.47 Å². The van der Waals surface area contributed by atoms with Crippen LogP contribution in [-0.4, -0.2) is 44.6 Å². The molecule has 0 unspecified atom stereocenters. The summed E-state index contributed by atoms with van der Waals surface area (Å²) in [6, 6.07) is 7.44. The van der Waals surface area contributed by atoms with Gasteiger partial charge in [-0.15, -0.1) is 0 Å². The highest BCUT2D eigenvalue weighted by molar-refractivity contribution is 5.31. The zero-order valence-corrected chi connectivity index (χ0v) is 11.6. The van der Waals surface area contributed by atoms with E-state index in [1.807, 2.05) is 24.3 Å². The van der Waals surface area contributed by atoms with E-state index in [1.54, 1.807) is 7.11 Å². The molecule has 0 amide bonds. The summed E-state index contributed by atoms with van der Waals surface area (Å²) >= 11 is 0. The minimum Gasteiger partial charge on any atom is -0.497 e. The van der Waals surface area contributed by atoms with Crippen molar-refractivity contribution in [2.75, 3.05) is 33.4 Å². The van der Waals surface area contributed by atoms with E-state index in [0.29, 0.717) is 6.61 Å². The van der Waals surface area contributed by atoms with Gasteiger partial charge in [0, 0.05) is 0 Å². The maximum Gasteiger partial charge on any atom is 0.137 e. The van der Waals surface area contributed by atoms with Gasteiger partial charge in [-0.25, -0.2) is 0 Å². The molecule has 1 aliphatic heterocycles. The summed E-state index contributed by atoms with van der Waals surface area (Å²) in [5.74, 6) is 1.58. The first-order chi connectivity index (χ1) is 9.28. The van der Waals surface area contributed by atoms with Gasteiger partial charge in [0.15, 0.2) is 0 Å². The van der Waals surface area contributed by atoms with Crippen LogP contribution in [0.5, 0.6) is 11.5 Å². The number of hydrogen-bond acceptors (Lipinski definition) is 3. The fourth-order valence-corrected chi connectivity index (χ4v) is 2.51. The number of likely N-dealkylation sites (tertiary alicyclic amines) is 1. The Morgan fingerprint density at radius 1 is 1.11 bits per heavy atom. The molecular formula is C15H24NO3+. The summed E-state index contributed by atoms with van der Waals surface area (Å²) in [6.45, 7) is 3.51. The topological polar surface area (TPSA) is 43.1 Å². The first kappa shape index (κ1) is 14.2. The zero-order valence-electron chi connectivity index (χ0n) is 11.6. The second-order valence-corrected chi connectivity index (χ2v) is 5.16. The van der Waals surface area contributed by atoms with Gasteiger partial charge in [0.05, 0.1) is 20.2 Å². The Hall–Kier alpha value is -1.26. The Bertz CT molecular complexity index is 360. The van der Waals surface area contributed by atoms with Crippen molar-refractivity contribution in [3.8, 4) is 11.5 Å². The van der Waals surface area contributed by atoms with E-state index < -0.39 is 6.10 Å². The third-order valence-electron chi connectivity index (χ3n) is 3.59. The maximum atomic E-state index is 9.99. The lowest BCUT2D eigenvalue weighted by atomic mass is 10.1. The van der Waals surface area contributed by atoms with E-state index in [9.17, 15) is 5.11 Å². The second-order valence-electron chi connectivity index (χ2n) is 5.16. The molecule has 1 aromatic rings. The molecule has 0 radical (unpaired) electrons. The maximum absolute atomic E-state index is 9.99. The number of aliphatic hydroxyl groups excluding tert-OH is 1. The highest BCUT2D eigenvalue weighted by Crippen LogP contribution is 2.16. The summed E-state index contributed by atoms with van der Waals surface area (Å²) in [7, 11) is 1.64. The Kier molecular flexibility index (Phi) is 5.48. The van der Waals surface area contributed by atoms with Crippen molar-refractivity contribution < 1.29 is 19.5 Å². The first-order valence-electron chi connectivity index (χ1n) is 7.06.